The predicted octanol–water partition coefficient (Wildman–Crippen LogP) is 6.61. The predicted molar refractivity (Wildman–Crippen MR) is 118 cm³/mol. The summed E-state index contributed by atoms with van der Waals surface area (Å²) in [4.78, 5) is 11.3. The average molecular weight is 379 g/mol. The monoisotopic (exact) mass is 378 g/mol. The first-order chi connectivity index (χ1) is 13.7. The lowest BCUT2D eigenvalue weighted by Crippen LogP contribution is -2.02. The molecule has 2 rings (SSSR count). The van der Waals surface area contributed by atoms with Gasteiger partial charge in [-0.05, 0) is 49.8 Å². The zero-order valence-corrected chi connectivity index (χ0v) is 16.8. The van der Waals surface area contributed by atoms with Crippen molar-refractivity contribution in [3.63, 3.8) is 0 Å². The molecule has 2 aromatic rings. The number of hydrogen-bond acceptors (Lipinski definition) is 3. The SMILES string of the molecule is CC/C=C\CC/C=C/C=C\C=C\[C@@H](C)CCOc1ccc2ccc(=O)oc2c1. The van der Waals surface area contributed by atoms with Crippen LogP contribution in [-0.2, 0) is 0 Å². The van der Waals surface area contributed by atoms with E-state index in [0.717, 1.165) is 36.8 Å². The van der Waals surface area contributed by atoms with Crippen molar-refractivity contribution in [1.82, 2.24) is 0 Å². The highest BCUT2D eigenvalue weighted by atomic mass is 16.5. The van der Waals surface area contributed by atoms with E-state index in [0.29, 0.717) is 18.1 Å². The van der Waals surface area contributed by atoms with Gasteiger partial charge in [-0.1, -0.05) is 62.5 Å². The van der Waals surface area contributed by atoms with Gasteiger partial charge in [0.05, 0.1) is 6.61 Å². The molecular formula is C25H30O3. The summed E-state index contributed by atoms with van der Waals surface area (Å²) in [7, 11) is 0. The van der Waals surface area contributed by atoms with Crippen LogP contribution in [0.5, 0.6) is 5.75 Å². The minimum atomic E-state index is -0.348. The standard InChI is InChI=1S/C25H30O3/c1-3-4-5-6-7-8-9-10-11-12-13-21(2)18-19-27-23-16-14-22-15-17-25(26)28-24(22)20-23/h4-5,8-17,20-21H,3,6-7,18-19H2,1-2H3/b5-4-,9-8+,11-10-,13-12+/t21-/m1/s1. The molecule has 0 amide bonds. The molecule has 0 radical (unpaired) electrons. The van der Waals surface area contributed by atoms with E-state index in [1.807, 2.05) is 12.1 Å². The van der Waals surface area contributed by atoms with Gasteiger partial charge in [0.2, 0.25) is 0 Å². The molecule has 0 unspecified atom stereocenters. The minimum Gasteiger partial charge on any atom is -0.493 e. The molecule has 148 valence electrons. The third-order valence-electron chi connectivity index (χ3n) is 4.25. The van der Waals surface area contributed by atoms with Crippen LogP contribution in [-0.4, -0.2) is 6.61 Å². The first-order valence-electron chi connectivity index (χ1n) is 10.0. The molecule has 0 bridgehead atoms. The van der Waals surface area contributed by atoms with E-state index in [9.17, 15) is 4.79 Å². The summed E-state index contributed by atoms with van der Waals surface area (Å²) < 4.78 is 11.0. The maximum absolute atomic E-state index is 11.3. The van der Waals surface area contributed by atoms with Crippen molar-refractivity contribution < 1.29 is 9.15 Å². The Morgan fingerprint density at radius 2 is 1.79 bits per heavy atom. The van der Waals surface area contributed by atoms with E-state index in [2.05, 4.69) is 62.5 Å². The highest BCUT2D eigenvalue weighted by Crippen LogP contribution is 2.20. The summed E-state index contributed by atoms with van der Waals surface area (Å²) in [5, 5.41) is 0.890. The van der Waals surface area contributed by atoms with Gasteiger partial charge in [0, 0.05) is 17.5 Å². The number of fused-ring (bicyclic) bond motifs is 1. The van der Waals surface area contributed by atoms with Crippen LogP contribution in [0.4, 0.5) is 0 Å². The number of ether oxygens (including phenoxy) is 1. The summed E-state index contributed by atoms with van der Waals surface area (Å²) in [6.45, 7) is 4.94. The molecule has 0 spiro atoms. The molecule has 1 aromatic heterocycles. The van der Waals surface area contributed by atoms with Gasteiger partial charge >= 0.3 is 5.63 Å². The molecule has 0 saturated heterocycles. The average Bonchev–Trinajstić information content (AvgIpc) is 2.69. The second kappa shape index (κ2) is 12.6. The Kier molecular flexibility index (Phi) is 9.64. The van der Waals surface area contributed by atoms with Crippen molar-refractivity contribution in [3.05, 3.63) is 89.4 Å². The molecule has 1 heterocycles. The third-order valence-corrected chi connectivity index (χ3v) is 4.25. The van der Waals surface area contributed by atoms with Gasteiger partial charge in [-0.2, -0.15) is 0 Å². The molecule has 1 aromatic carbocycles. The molecule has 0 aliphatic heterocycles. The molecule has 0 aliphatic rings. The summed E-state index contributed by atoms with van der Waals surface area (Å²) in [6, 6.07) is 8.74. The molecule has 1 atom stereocenters. The minimum absolute atomic E-state index is 0.348. The summed E-state index contributed by atoms with van der Waals surface area (Å²) in [6.07, 6.45) is 21.3. The van der Waals surface area contributed by atoms with E-state index in [1.165, 1.54) is 6.07 Å². The van der Waals surface area contributed by atoms with E-state index >= 15 is 0 Å². The summed E-state index contributed by atoms with van der Waals surface area (Å²) in [5.74, 6) is 1.14. The zero-order chi connectivity index (χ0) is 20.0. The Balaban J connectivity index is 1.68. The number of benzene rings is 1. The largest absolute Gasteiger partial charge is 0.493 e. The van der Waals surface area contributed by atoms with Crippen LogP contribution in [0.1, 0.15) is 39.5 Å². The molecule has 0 aliphatic carbocycles. The third kappa shape index (κ3) is 8.26. The Bertz CT molecular complexity index is 884. The van der Waals surface area contributed by atoms with Crippen molar-refractivity contribution in [2.75, 3.05) is 6.61 Å². The van der Waals surface area contributed by atoms with E-state index in [1.54, 1.807) is 12.1 Å². The van der Waals surface area contributed by atoms with Crippen LogP contribution < -0.4 is 10.4 Å². The Labute approximate surface area is 167 Å². The van der Waals surface area contributed by atoms with E-state index < -0.39 is 0 Å². The van der Waals surface area contributed by atoms with Crippen molar-refractivity contribution in [3.8, 4) is 5.75 Å². The van der Waals surface area contributed by atoms with Gasteiger partial charge in [-0.3, -0.25) is 0 Å². The number of hydrogen-bond donors (Lipinski definition) is 0. The van der Waals surface area contributed by atoms with Gasteiger partial charge < -0.3 is 9.15 Å². The molecule has 0 N–H and O–H groups in total. The molecule has 0 fully saturated rings. The highest BCUT2D eigenvalue weighted by Gasteiger charge is 2.02. The normalized spacial score (nSPS) is 13.5. The fraction of sp³-hybridized carbons (Fsp3) is 0.320. The van der Waals surface area contributed by atoms with E-state index in [4.69, 9.17) is 9.15 Å². The maximum Gasteiger partial charge on any atom is 0.336 e. The number of rotatable bonds is 11. The first-order valence-corrected chi connectivity index (χ1v) is 10.0. The van der Waals surface area contributed by atoms with Gasteiger partial charge in [-0.25, -0.2) is 4.79 Å². The Morgan fingerprint density at radius 3 is 2.64 bits per heavy atom. The fourth-order valence-corrected chi connectivity index (χ4v) is 2.62. The lowest BCUT2D eigenvalue weighted by molar-refractivity contribution is 0.296. The van der Waals surface area contributed by atoms with Crippen LogP contribution in [0.2, 0.25) is 0 Å². The van der Waals surface area contributed by atoms with Gasteiger partial charge in [0.25, 0.3) is 0 Å². The summed E-state index contributed by atoms with van der Waals surface area (Å²) in [5.41, 5.74) is 0.206. The number of allylic oxidation sites excluding steroid dienone is 8. The smallest absolute Gasteiger partial charge is 0.336 e. The van der Waals surface area contributed by atoms with Crippen molar-refractivity contribution in [2.45, 2.75) is 39.5 Å². The molecule has 28 heavy (non-hydrogen) atoms. The lowest BCUT2D eigenvalue weighted by Gasteiger charge is -2.09. The summed E-state index contributed by atoms with van der Waals surface area (Å²) >= 11 is 0. The van der Waals surface area contributed by atoms with Crippen molar-refractivity contribution in [1.29, 1.82) is 0 Å². The second-order valence-electron chi connectivity index (χ2n) is 6.72. The second-order valence-corrected chi connectivity index (χ2v) is 6.72. The lowest BCUT2D eigenvalue weighted by atomic mass is 10.1. The number of unbranched alkanes of at least 4 members (excludes halogenated alkanes) is 1. The molecule has 0 saturated carbocycles. The van der Waals surface area contributed by atoms with E-state index in [-0.39, 0.29) is 5.63 Å². The molecule has 3 heteroatoms. The van der Waals surface area contributed by atoms with Crippen LogP contribution in [0.25, 0.3) is 11.0 Å². The quantitative estimate of drug-likeness (QED) is 0.191. The Morgan fingerprint density at radius 1 is 1.00 bits per heavy atom. The van der Waals surface area contributed by atoms with Crippen LogP contribution in [0.15, 0.2) is 88.2 Å². The van der Waals surface area contributed by atoms with Gasteiger partial charge in [0.1, 0.15) is 11.3 Å². The topological polar surface area (TPSA) is 39.4 Å². The first kappa shape index (κ1) is 21.5. The molecular weight excluding hydrogens is 348 g/mol. The van der Waals surface area contributed by atoms with Crippen LogP contribution >= 0.6 is 0 Å². The highest BCUT2D eigenvalue weighted by molar-refractivity contribution is 5.77. The van der Waals surface area contributed by atoms with Crippen molar-refractivity contribution >= 4 is 11.0 Å². The Hall–Kier alpha value is -2.81. The molecule has 3 nitrogen and oxygen atoms in total. The maximum atomic E-state index is 11.3. The van der Waals surface area contributed by atoms with Gasteiger partial charge in [-0.15, -0.1) is 0 Å². The van der Waals surface area contributed by atoms with Crippen LogP contribution in [0.3, 0.4) is 0 Å². The fourth-order valence-electron chi connectivity index (χ4n) is 2.62. The van der Waals surface area contributed by atoms with Crippen LogP contribution in [0, 0.1) is 5.92 Å². The van der Waals surface area contributed by atoms with Gasteiger partial charge in [0.15, 0.2) is 0 Å². The zero-order valence-electron chi connectivity index (χ0n) is 16.8. The van der Waals surface area contributed by atoms with Crippen molar-refractivity contribution in [2.24, 2.45) is 5.92 Å².